The zero-order valence-corrected chi connectivity index (χ0v) is 15.2. The van der Waals surface area contributed by atoms with Crippen molar-refractivity contribution in [2.45, 2.75) is 20.3 Å². The number of carbonyl (C=O) groups excluding carboxylic acids is 1. The third-order valence-electron chi connectivity index (χ3n) is 3.45. The molecule has 0 aliphatic carbocycles. The number of aromatic nitrogens is 1. The minimum absolute atomic E-state index is 0.145. The van der Waals surface area contributed by atoms with Gasteiger partial charge >= 0.3 is 0 Å². The second-order valence-electron chi connectivity index (χ2n) is 5.16. The van der Waals surface area contributed by atoms with Crippen LogP contribution in [-0.4, -0.2) is 31.7 Å². The molecule has 0 unspecified atom stereocenters. The minimum Gasteiger partial charge on any atom is -0.493 e. The Hall–Kier alpha value is -2.34. The summed E-state index contributed by atoms with van der Waals surface area (Å²) in [5.74, 6) is 1.01. The number of allylic oxidation sites excluding steroid dienone is 1. The molecule has 1 heterocycles. The zero-order chi connectivity index (χ0) is 17.5. The molecule has 0 spiro atoms. The summed E-state index contributed by atoms with van der Waals surface area (Å²) >= 11 is 1.61. The maximum Gasteiger partial charge on any atom is 0.251 e. The van der Waals surface area contributed by atoms with Gasteiger partial charge in [-0.3, -0.25) is 4.79 Å². The van der Waals surface area contributed by atoms with Crippen LogP contribution in [0.1, 0.15) is 33.5 Å². The summed E-state index contributed by atoms with van der Waals surface area (Å²) in [6, 6.07) is 3.48. The van der Waals surface area contributed by atoms with Gasteiger partial charge < -0.3 is 14.8 Å². The Morgan fingerprint density at radius 2 is 2.12 bits per heavy atom. The van der Waals surface area contributed by atoms with Crippen LogP contribution < -0.4 is 14.8 Å². The Morgan fingerprint density at radius 1 is 1.33 bits per heavy atom. The monoisotopic (exact) mass is 346 g/mol. The standard InChI is InChI=1S/C18H22N2O3S/c1-5-6-13-9-14(10-16(22-3)17(13)23-4)18(21)19-8-7-15-11-24-12(2)20-15/h5-6,9-11H,7-8H2,1-4H3,(H,19,21)/b6-5+. The van der Waals surface area contributed by atoms with Crippen molar-refractivity contribution in [1.82, 2.24) is 10.3 Å². The smallest absolute Gasteiger partial charge is 0.251 e. The molecule has 5 nitrogen and oxygen atoms in total. The number of amides is 1. The van der Waals surface area contributed by atoms with Gasteiger partial charge in [0.25, 0.3) is 5.91 Å². The van der Waals surface area contributed by atoms with E-state index >= 15 is 0 Å². The highest BCUT2D eigenvalue weighted by molar-refractivity contribution is 7.09. The van der Waals surface area contributed by atoms with Gasteiger partial charge in [0.15, 0.2) is 11.5 Å². The fourth-order valence-corrected chi connectivity index (χ4v) is 3.00. The summed E-state index contributed by atoms with van der Waals surface area (Å²) in [6.45, 7) is 4.42. The predicted octanol–water partition coefficient (Wildman–Crippen LogP) is 3.47. The molecule has 0 atom stereocenters. The largest absolute Gasteiger partial charge is 0.493 e. The average molecular weight is 346 g/mol. The molecular formula is C18H22N2O3S. The van der Waals surface area contributed by atoms with E-state index in [2.05, 4.69) is 10.3 Å². The summed E-state index contributed by atoms with van der Waals surface area (Å²) < 4.78 is 10.7. The highest BCUT2D eigenvalue weighted by Gasteiger charge is 2.14. The highest BCUT2D eigenvalue weighted by atomic mass is 32.1. The van der Waals surface area contributed by atoms with E-state index in [1.54, 1.807) is 37.7 Å². The van der Waals surface area contributed by atoms with Crippen molar-refractivity contribution < 1.29 is 14.3 Å². The van der Waals surface area contributed by atoms with Gasteiger partial charge in [0.05, 0.1) is 24.9 Å². The lowest BCUT2D eigenvalue weighted by molar-refractivity contribution is 0.0953. The number of hydrogen-bond acceptors (Lipinski definition) is 5. The average Bonchev–Trinajstić information content (AvgIpc) is 2.99. The summed E-state index contributed by atoms with van der Waals surface area (Å²) in [5, 5.41) is 5.97. The number of hydrogen-bond donors (Lipinski definition) is 1. The number of benzene rings is 1. The van der Waals surface area contributed by atoms with Gasteiger partial charge in [-0.1, -0.05) is 12.2 Å². The molecule has 0 saturated heterocycles. The van der Waals surface area contributed by atoms with Crippen LogP contribution in [0.25, 0.3) is 6.08 Å². The van der Waals surface area contributed by atoms with Crippen LogP contribution in [0.2, 0.25) is 0 Å². The van der Waals surface area contributed by atoms with E-state index in [1.165, 1.54) is 0 Å². The molecule has 24 heavy (non-hydrogen) atoms. The number of methoxy groups -OCH3 is 2. The minimum atomic E-state index is -0.145. The number of thiazole rings is 1. The van der Waals surface area contributed by atoms with Crippen LogP contribution >= 0.6 is 11.3 Å². The number of carbonyl (C=O) groups is 1. The first-order valence-electron chi connectivity index (χ1n) is 7.67. The number of nitrogens with zero attached hydrogens (tertiary/aromatic N) is 1. The Balaban J connectivity index is 2.11. The normalized spacial score (nSPS) is 10.8. The Bertz CT molecular complexity index is 738. The molecule has 0 bridgehead atoms. The molecule has 2 rings (SSSR count). The molecule has 0 radical (unpaired) electrons. The molecule has 0 fully saturated rings. The SMILES string of the molecule is C/C=C/c1cc(C(=O)NCCc2csc(C)n2)cc(OC)c1OC. The maximum atomic E-state index is 12.4. The number of ether oxygens (including phenoxy) is 2. The third kappa shape index (κ3) is 4.35. The van der Waals surface area contributed by atoms with Gasteiger partial charge in [0, 0.05) is 29.5 Å². The molecule has 6 heteroatoms. The van der Waals surface area contributed by atoms with Gasteiger partial charge in [0.1, 0.15) is 0 Å². The first kappa shape index (κ1) is 18.0. The molecule has 1 amide bonds. The van der Waals surface area contributed by atoms with Gasteiger partial charge in [-0.2, -0.15) is 0 Å². The maximum absolute atomic E-state index is 12.4. The number of aryl methyl sites for hydroxylation is 1. The van der Waals surface area contributed by atoms with Crippen molar-refractivity contribution in [1.29, 1.82) is 0 Å². The predicted molar refractivity (Wildman–Crippen MR) is 97.1 cm³/mol. The topological polar surface area (TPSA) is 60.5 Å². The van der Waals surface area contributed by atoms with Crippen LogP contribution in [0, 0.1) is 6.92 Å². The summed E-state index contributed by atoms with van der Waals surface area (Å²) in [7, 11) is 3.14. The Kier molecular flexibility index (Phi) is 6.37. The van der Waals surface area contributed by atoms with Crippen LogP contribution in [-0.2, 0) is 6.42 Å². The molecular weight excluding hydrogens is 324 g/mol. The van der Waals surface area contributed by atoms with Crippen molar-refractivity contribution >= 4 is 23.3 Å². The molecule has 2 aromatic rings. The van der Waals surface area contributed by atoms with E-state index in [0.29, 0.717) is 30.0 Å². The second kappa shape index (κ2) is 8.49. The first-order chi connectivity index (χ1) is 11.6. The van der Waals surface area contributed by atoms with E-state index in [-0.39, 0.29) is 5.91 Å². The number of rotatable bonds is 7. The molecule has 1 aromatic carbocycles. The first-order valence-corrected chi connectivity index (χ1v) is 8.55. The second-order valence-corrected chi connectivity index (χ2v) is 6.23. The lowest BCUT2D eigenvalue weighted by Crippen LogP contribution is -2.26. The van der Waals surface area contributed by atoms with Crippen molar-refractivity contribution in [3.63, 3.8) is 0 Å². The van der Waals surface area contributed by atoms with Crippen molar-refractivity contribution in [3.05, 3.63) is 45.4 Å². The molecule has 0 saturated carbocycles. The van der Waals surface area contributed by atoms with Crippen LogP contribution in [0.3, 0.4) is 0 Å². The van der Waals surface area contributed by atoms with Crippen molar-refractivity contribution in [3.8, 4) is 11.5 Å². The fourth-order valence-electron chi connectivity index (χ4n) is 2.36. The lowest BCUT2D eigenvalue weighted by Gasteiger charge is -2.13. The van der Waals surface area contributed by atoms with Gasteiger partial charge in [-0.25, -0.2) is 4.98 Å². The van der Waals surface area contributed by atoms with E-state index < -0.39 is 0 Å². The Morgan fingerprint density at radius 3 is 2.71 bits per heavy atom. The molecule has 0 aliphatic heterocycles. The zero-order valence-electron chi connectivity index (χ0n) is 14.4. The van der Waals surface area contributed by atoms with E-state index in [9.17, 15) is 4.79 Å². The van der Waals surface area contributed by atoms with Crippen molar-refractivity contribution in [2.24, 2.45) is 0 Å². The summed E-state index contributed by atoms with van der Waals surface area (Å²) in [5.41, 5.74) is 2.34. The third-order valence-corrected chi connectivity index (χ3v) is 4.27. The molecule has 1 aromatic heterocycles. The highest BCUT2D eigenvalue weighted by Crippen LogP contribution is 2.33. The molecule has 128 valence electrons. The number of nitrogens with one attached hydrogen (secondary N) is 1. The summed E-state index contributed by atoms with van der Waals surface area (Å²) in [6.07, 6.45) is 4.49. The fraction of sp³-hybridized carbons (Fsp3) is 0.333. The lowest BCUT2D eigenvalue weighted by atomic mass is 10.1. The van der Waals surface area contributed by atoms with E-state index in [4.69, 9.17) is 9.47 Å². The molecule has 1 N–H and O–H groups in total. The van der Waals surface area contributed by atoms with Crippen molar-refractivity contribution in [2.75, 3.05) is 20.8 Å². The quantitative estimate of drug-likeness (QED) is 0.834. The van der Waals surface area contributed by atoms with Gasteiger partial charge in [-0.15, -0.1) is 11.3 Å². The van der Waals surface area contributed by atoms with Gasteiger partial charge in [0.2, 0.25) is 0 Å². The summed E-state index contributed by atoms with van der Waals surface area (Å²) in [4.78, 5) is 16.8. The van der Waals surface area contributed by atoms with Crippen LogP contribution in [0.15, 0.2) is 23.6 Å². The Labute approximate surface area is 146 Å². The van der Waals surface area contributed by atoms with Crippen LogP contribution in [0.4, 0.5) is 0 Å². The van der Waals surface area contributed by atoms with Crippen LogP contribution in [0.5, 0.6) is 11.5 Å². The van der Waals surface area contributed by atoms with E-state index in [0.717, 1.165) is 16.3 Å². The van der Waals surface area contributed by atoms with Gasteiger partial charge in [-0.05, 0) is 26.0 Å². The molecule has 0 aliphatic rings. The van der Waals surface area contributed by atoms with E-state index in [1.807, 2.05) is 31.4 Å².